The normalized spacial score (nSPS) is 12.3. The van der Waals surface area contributed by atoms with E-state index >= 15 is 0 Å². The predicted octanol–water partition coefficient (Wildman–Crippen LogP) is 1.69. The van der Waals surface area contributed by atoms with Crippen molar-refractivity contribution in [3.63, 3.8) is 0 Å². The fourth-order valence-electron chi connectivity index (χ4n) is 1.67. The maximum atomic E-state index is 11.7. The van der Waals surface area contributed by atoms with Crippen molar-refractivity contribution < 1.29 is 0 Å². The number of nitrogens with two attached hydrogens (primary N) is 1. The van der Waals surface area contributed by atoms with Crippen molar-refractivity contribution in [1.29, 1.82) is 0 Å². The summed E-state index contributed by atoms with van der Waals surface area (Å²) in [4.78, 5) is 11.7. The van der Waals surface area contributed by atoms with E-state index in [1.54, 1.807) is 6.07 Å². The van der Waals surface area contributed by atoms with E-state index in [1.807, 2.05) is 30.3 Å². The molecule has 0 radical (unpaired) electrons. The van der Waals surface area contributed by atoms with Gasteiger partial charge in [-0.1, -0.05) is 30.3 Å². The van der Waals surface area contributed by atoms with Crippen LogP contribution in [0.3, 0.4) is 0 Å². The second-order valence-corrected chi connectivity index (χ2v) is 4.52. The van der Waals surface area contributed by atoms with Gasteiger partial charge in [-0.3, -0.25) is 4.79 Å². The molecule has 0 fully saturated rings. The van der Waals surface area contributed by atoms with E-state index in [1.165, 1.54) is 10.7 Å². The lowest BCUT2D eigenvalue weighted by Crippen LogP contribution is -2.25. The molecule has 5 heteroatoms. The fourth-order valence-corrected chi connectivity index (χ4v) is 1.99. The largest absolute Gasteiger partial charge is 0.330 e. The molecule has 0 aliphatic carbocycles. The lowest BCUT2D eigenvalue weighted by Gasteiger charge is -2.12. The van der Waals surface area contributed by atoms with Gasteiger partial charge < -0.3 is 5.73 Å². The maximum absolute atomic E-state index is 11.7. The average molecular weight is 261 g/mol. The van der Waals surface area contributed by atoms with E-state index in [9.17, 15) is 4.79 Å². The van der Waals surface area contributed by atoms with E-state index in [4.69, 9.17) is 5.73 Å². The molecule has 0 aliphatic rings. The Bertz CT molecular complexity index is 568. The van der Waals surface area contributed by atoms with E-state index in [-0.39, 0.29) is 10.9 Å². The standard InChI is InChI=1S/C13H15N3OS/c14-9-8-13(18)16-12(17)7-6-11(15-16)10-4-2-1-3-5-10/h1-7,13,18H,8-9,14H2. The average Bonchev–Trinajstić information content (AvgIpc) is 2.40. The van der Waals surface area contributed by atoms with Crippen molar-refractivity contribution >= 4 is 12.6 Å². The van der Waals surface area contributed by atoms with Crippen molar-refractivity contribution in [3.05, 3.63) is 52.8 Å². The second-order valence-electron chi connectivity index (χ2n) is 3.93. The Morgan fingerprint density at radius 3 is 2.61 bits per heavy atom. The van der Waals surface area contributed by atoms with E-state index in [0.717, 1.165) is 11.3 Å². The molecule has 2 rings (SSSR count). The molecule has 1 unspecified atom stereocenters. The summed E-state index contributed by atoms with van der Waals surface area (Å²) in [7, 11) is 0. The number of hydrogen-bond acceptors (Lipinski definition) is 4. The van der Waals surface area contributed by atoms with Crippen molar-refractivity contribution in [2.45, 2.75) is 11.8 Å². The molecule has 1 heterocycles. The van der Waals surface area contributed by atoms with Crippen LogP contribution in [-0.4, -0.2) is 16.3 Å². The van der Waals surface area contributed by atoms with Crippen LogP contribution >= 0.6 is 12.6 Å². The third-order valence-corrected chi connectivity index (χ3v) is 3.08. The van der Waals surface area contributed by atoms with Gasteiger partial charge in [0.25, 0.3) is 5.56 Å². The Balaban J connectivity index is 2.41. The number of nitrogens with zero attached hydrogens (tertiary/aromatic N) is 2. The van der Waals surface area contributed by atoms with Gasteiger partial charge in [0.15, 0.2) is 0 Å². The van der Waals surface area contributed by atoms with Gasteiger partial charge in [0.2, 0.25) is 0 Å². The Hall–Kier alpha value is -1.59. The molecule has 0 amide bonds. The molecular formula is C13H15N3OS. The molecule has 1 aromatic heterocycles. The summed E-state index contributed by atoms with van der Waals surface area (Å²) in [6.45, 7) is 0.470. The Kier molecular flexibility index (Phi) is 4.17. The van der Waals surface area contributed by atoms with Gasteiger partial charge in [0.05, 0.1) is 11.1 Å². The topological polar surface area (TPSA) is 60.9 Å². The highest BCUT2D eigenvalue weighted by Gasteiger charge is 2.09. The van der Waals surface area contributed by atoms with E-state index in [2.05, 4.69) is 17.7 Å². The molecule has 4 nitrogen and oxygen atoms in total. The fraction of sp³-hybridized carbons (Fsp3) is 0.231. The van der Waals surface area contributed by atoms with Crippen LogP contribution in [0, 0.1) is 0 Å². The van der Waals surface area contributed by atoms with Crippen LogP contribution in [0.25, 0.3) is 11.3 Å². The van der Waals surface area contributed by atoms with Crippen LogP contribution in [0.1, 0.15) is 11.8 Å². The summed E-state index contributed by atoms with van der Waals surface area (Å²) in [5.41, 5.74) is 7.04. The first-order chi connectivity index (χ1) is 8.72. The zero-order valence-electron chi connectivity index (χ0n) is 9.86. The summed E-state index contributed by atoms with van der Waals surface area (Å²) in [6, 6.07) is 12.9. The summed E-state index contributed by atoms with van der Waals surface area (Å²) in [5, 5.41) is 4.05. The second kappa shape index (κ2) is 5.84. The van der Waals surface area contributed by atoms with E-state index < -0.39 is 0 Å². The molecule has 0 saturated heterocycles. The lowest BCUT2D eigenvalue weighted by atomic mass is 10.1. The lowest BCUT2D eigenvalue weighted by molar-refractivity contribution is 0.544. The molecule has 1 atom stereocenters. The highest BCUT2D eigenvalue weighted by molar-refractivity contribution is 7.80. The number of hydrogen-bond donors (Lipinski definition) is 2. The van der Waals surface area contributed by atoms with Crippen LogP contribution in [0.5, 0.6) is 0 Å². The minimum Gasteiger partial charge on any atom is -0.330 e. The Labute approximate surface area is 111 Å². The minimum atomic E-state index is -0.286. The highest BCUT2D eigenvalue weighted by Crippen LogP contribution is 2.17. The molecule has 94 valence electrons. The quantitative estimate of drug-likeness (QED) is 0.823. The molecule has 0 bridgehead atoms. The van der Waals surface area contributed by atoms with Gasteiger partial charge in [0, 0.05) is 11.6 Å². The third-order valence-electron chi connectivity index (χ3n) is 2.60. The summed E-state index contributed by atoms with van der Waals surface area (Å²) < 4.78 is 1.37. The van der Waals surface area contributed by atoms with Crippen molar-refractivity contribution in [2.24, 2.45) is 5.73 Å². The maximum Gasteiger partial charge on any atom is 0.267 e. The highest BCUT2D eigenvalue weighted by atomic mass is 32.1. The molecule has 1 aromatic carbocycles. The van der Waals surface area contributed by atoms with Crippen LogP contribution in [0.2, 0.25) is 0 Å². The minimum absolute atomic E-state index is 0.164. The van der Waals surface area contributed by atoms with Gasteiger partial charge in [-0.25, -0.2) is 4.68 Å². The molecule has 2 N–H and O–H groups in total. The first-order valence-corrected chi connectivity index (χ1v) is 6.27. The molecular weight excluding hydrogens is 246 g/mol. The number of aromatic nitrogens is 2. The zero-order valence-corrected chi connectivity index (χ0v) is 10.8. The molecule has 0 saturated carbocycles. The zero-order chi connectivity index (χ0) is 13.0. The van der Waals surface area contributed by atoms with Gasteiger partial charge in [-0.15, -0.1) is 0 Å². The SMILES string of the molecule is NCCC(S)n1nc(-c2ccccc2)ccc1=O. The summed E-state index contributed by atoms with van der Waals surface area (Å²) in [5.74, 6) is 0. The predicted molar refractivity (Wildman–Crippen MR) is 75.6 cm³/mol. The van der Waals surface area contributed by atoms with Gasteiger partial charge >= 0.3 is 0 Å². The molecule has 0 spiro atoms. The van der Waals surface area contributed by atoms with E-state index in [0.29, 0.717) is 13.0 Å². The molecule has 0 aliphatic heterocycles. The van der Waals surface area contributed by atoms with Crippen LogP contribution in [0.4, 0.5) is 0 Å². The Morgan fingerprint density at radius 1 is 1.22 bits per heavy atom. The van der Waals surface area contributed by atoms with Crippen LogP contribution in [0.15, 0.2) is 47.3 Å². The van der Waals surface area contributed by atoms with Gasteiger partial charge in [-0.2, -0.15) is 17.7 Å². The first-order valence-electron chi connectivity index (χ1n) is 5.76. The van der Waals surface area contributed by atoms with Crippen LogP contribution < -0.4 is 11.3 Å². The molecule has 2 aromatic rings. The molecule has 18 heavy (non-hydrogen) atoms. The van der Waals surface area contributed by atoms with Crippen molar-refractivity contribution in [3.8, 4) is 11.3 Å². The summed E-state index contributed by atoms with van der Waals surface area (Å²) >= 11 is 4.35. The number of rotatable bonds is 4. The number of thiol groups is 1. The van der Waals surface area contributed by atoms with Gasteiger partial charge in [0.1, 0.15) is 0 Å². The Morgan fingerprint density at radius 2 is 1.94 bits per heavy atom. The van der Waals surface area contributed by atoms with Crippen molar-refractivity contribution in [1.82, 2.24) is 9.78 Å². The van der Waals surface area contributed by atoms with Gasteiger partial charge in [-0.05, 0) is 19.0 Å². The van der Waals surface area contributed by atoms with Crippen molar-refractivity contribution in [2.75, 3.05) is 6.54 Å². The monoisotopic (exact) mass is 261 g/mol. The summed E-state index contributed by atoms with van der Waals surface area (Å²) in [6.07, 6.45) is 0.605. The third kappa shape index (κ3) is 2.80. The number of benzene rings is 1. The smallest absolute Gasteiger partial charge is 0.267 e. The van der Waals surface area contributed by atoms with Crippen LogP contribution in [-0.2, 0) is 0 Å². The first kappa shape index (κ1) is 12.9.